The molecular formula is C16H25NO3. The van der Waals surface area contributed by atoms with Crippen molar-refractivity contribution in [3.8, 4) is 11.5 Å². The minimum atomic E-state index is -0.208. The molecule has 0 aliphatic rings. The fourth-order valence-electron chi connectivity index (χ4n) is 2.09. The van der Waals surface area contributed by atoms with Crippen molar-refractivity contribution in [2.75, 3.05) is 20.8 Å². The standard InChI is InChI=1S/C16H25NO3/c1-7-10-17(16(2,3)4)15(18)12-8-9-13(19-5)14(11-12)20-6/h8-9,11H,7,10H2,1-6H3. The van der Waals surface area contributed by atoms with Gasteiger partial charge in [-0.05, 0) is 45.4 Å². The Hall–Kier alpha value is -1.71. The second kappa shape index (κ2) is 6.64. The van der Waals surface area contributed by atoms with E-state index in [4.69, 9.17) is 9.47 Å². The van der Waals surface area contributed by atoms with Gasteiger partial charge in [0.1, 0.15) is 0 Å². The molecular weight excluding hydrogens is 254 g/mol. The van der Waals surface area contributed by atoms with Gasteiger partial charge in [-0.2, -0.15) is 0 Å². The summed E-state index contributed by atoms with van der Waals surface area (Å²) in [5.41, 5.74) is 0.409. The minimum absolute atomic E-state index is 0.0142. The number of methoxy groups -OCH3 is 2. The second-order valence-corrected chi connectivity index (χ2v) is 5.70. The Morgan fingerprint density at radius 1 is 1.15 bits per heavy atom. The van der Waals surface area contributed by atoms with Crippen LogP contribution < -0.4 is 9.47 Å². The first-order chi connectivity index (χ1) is 9.35. The van der Waals surface area contributed by atoms with Gasteiger partial charge in [0.05, 0.1) is 14.2 Å². The van der Waals surface area contributed by atoms with Gasteiger partial charge < -0.3 is 14.4 Å². The molecule has 0 aromatic heterocycles. The van der Waals surface area contributed by atoms with Crippen LogP contribution in [0.25, 0.3) is 0 Å². The molecule has 0 atom stereocenters. The predicted molar refractivity (Wildman–Crippen MR) is 80.6 cm³/mol. The van der Waals surface area contributed by atoms with Gasteiger partial charge in [0.25, 0.3) is 5.91 Å². The summed E-state index contributed by atoms with van der Waals surface area (Å²) in [6.07, 6.45) is 0.927. The molecule has 20 heavy (non-hydrogen) atoms. The topological polar surface area (TPSA) is 38.8 Å². The molecule has 112 valence electrons. The van der Waals surface area contributed by atoms with Crippen LogP contribution in [0.1, 0.15) is 44.5 Å². The normalized spacial score (nSPS) is 11.1. The molecule has 0 saturated carbocycles. The monoisotopic (exact) mass is 279 g/mol. The molecule has 1 amide bonds. The predicted octanol–water partition coefficient (Wildman–Crippen LogP) is 3.35. The van der Waals surface area contributed by atoms with E-state index in [-0.39, 0.29) is 11.4 Å². The van der Waals surface area contributed by atoms with Crippen LogP contribution in [0.2, 0.25) is 0 Å². The number of carbonyl (C=O) groups excluding carboxylic acids is 1. The molecule has 1 aromatic carbocycles. The molecule has 0 heterocycles. The summed E-state index contributed by atoms with van der Waals surface area (Å²) in [5.74, 6) is 1.21. The summed E-state index contributed by atoms with van der Waals surface area (Å²) >= 11 is 0. The van der Waals surface area contributed by atoms with Crippen molar-refractivity contribution in [3.05, 3.63) is 23.8 Å². The summed E-state index contributed by atoms with van der Waals surface area (Å²) in [4.78, 5) is 14.6. The molecule has 0 aliphatic carbocycles. The van der Waals surface area contributed by atoms with Crippen molar-refractivity contribution < 1.29 is 14.3 Å². The summed E-state index contributed by atoms with van der Waals surface area (Å²) in [5, 5.41) is 0. The summed E-state index contributed by atoms with van der Waals surface area (Å²) in [6, 6.07) is 5.27. The third-order valence-electron chi connectivity index (χ3n) is 3.13. The van der Waals surface area contributed by atoms with Crippen molar-refractivity contribution in [1.82, 2.24) is 4.90 Å². The maximum absolute atomic E-state index is 12.7. The highest BCUT2D eigenvalue weighted by molar-refractivity contribution is 5.95. The van der Waals surface area contributed by atoms with E-state index in [1.54, 1.807) is 32.4 Å². The SMILES string of the molecule is CCCN(C(=O)c1ccc(OC)c(OC)c1)C(C)(C)C. The van der Waals surface area contributed by atoms with E-state index in [0.29, 0.717) is 17.1 Å². The Balaban J connectivity index is 3.12. The number of hydrogen-bond acceptors (Lipinski definition) is 3. The summed E-state index contributed by atoms with van der Waals surface area (Å²) in [7, 11) is 3.15. The number of rotatable bonds is 5. The number of carbonyl (C=O) groups is 1. The maximum atomic E-state index is 12.7. The lowest BCUT2D eigenvalue weighted by Crippen LogP contribution is -2.46. The molecule has 0 aliphatic heterocycles. The molecule has 0 radical (unpaired) electrons. The van der Waals surface area contributed by atoms with Gasteiger partial charge in [0, 0.05) is 17.6 Å². The van der Waals surface area contributed by atoms with Crippen molar-refractivity contribution in [2.24, 2.45) is 0 Å². The van der Waals surface area contributed by atoms with E-state index in [1.165, 1.54) is 0 Å². The lowest BCUT2D eigenvalue weighted by atomic mass is 10.0. The minimum Gasteiger partial charge on any atom is -0.493 e. The molecule has 4 nitrogen and oxygen atoms in total. The highest BCUT2D eigenvalue weighted by Crippen LogP contribution is 2.29. The number of nitrogens with zero attached hydrogens (tertiary/aromatic N) is 1. The molecule has 0 unspecified atom stereocenters. The summed E-state index contributed by atoms with van der Waals surface area (Å²) < 4.78 is 10.5. The first-order valence-electron chi connectivity index (χ1n) is 6.89. The molecule has 1 rings (SSSR count). The number of amides is 1. The Bertz CT molecular complexity index is 463. The van der Waals surface area contributed by atoms with E-state index in [1.807, 2.05) is 25.7 Å². The summed E-state index contributed by atoms with van der Waals surface area (Å²) in [6.45, 7) is 8.93. The third-order valence-corrected chi connectivity index (χ3v) is 3.13. The Morgan fingerprint density at radius 3 is 2.20 bits per heavy atom. The van der Waals surface area contributed by atoms with Crippen LogP contribution >= 0.6 is 0 Å². The van der Waals surface area contributed by atoms with Gasteiger partial charge >= 0.3 is 0 Å². The van der Waals surface area contributed by atoms with Crippen molar-refractivity contribution in [1.29, 1.82) is 0 Å². The Morgan fingerprint density at radius 2 is 1.75 bits per heavy atom. The lowest BCUT2D eigenvalue weighted by molar-refractivity contribution is 0.0582. The van der Waals surface area contributed by atoms with Gasteiger partial charge in [0.2, 0.25) is 0 Å². The molecule has 0 fully saturated rings. The first-order valence-corrected chi connectivity index (χ1v) is 6.89. The molecule has 4 heteroatoms. The highest BCUT2D eigenvalue weighted by Gasteiger charge is 2.27. The van der Waals surface area contributed by atoms with Crippen LogP contribution in [0.3, 0.4) is 0 Å². The van der Waals surface area contributed by atoms with Crippen LogP contribution in [0.5, 0.6) is 11.5 Å². The zero-order valence-electron chi connectivity index (χ0n) is 13.3. The average Bonchev–Trinajstić information content (AvgIpc) is 2.41. The van der Waals surface area contributed by atoms with Crippen molar-refractivity contribution in [3.63, 3.8) is 0 Å². The highest BCUT2D eigenvalue weighted by atomic mass is 16.5. The smallest absolute Gasteiger partial charge is 0.254 e. The van der Waals surface area contributed by atoms with Crippen LogP contribution in [-0.4, -0.2) is 37.1 Å². The van der Waals surface area contributed by atoms with E-state index >= 15 is 0 Å². The molecule has 0 N–H and O–H groups in total. The van der Waals surface area contributed by atoms with E-state index in [0.717, 1.165) is 13.0 Å². The second-order valence-electron chi connectivity index (χ2n) is 5.70. The number of hydrogen-bond donors (Lipinski definition) is 0. The Kier molecular flexibility index (Phi) is 5.43. The molecule has 0 spiro atoms. The van der Waals surface area contributed by atoms with E-state index in [2.05, 4.69) is 6.92 Å². The van der Waals surface area contributed by atoms with Crippen LogP contribution in [-0.2, 0) is 0 Å². The van der Waals surface area contributed by atoms with E-state index < -0.39 is 0 Å². The largest absolute Gasteiger partial charge is 0.493 e. The van der Waals surface area contributed by atoms with Crippen molar-refractivity contribution in [2.45, 2.75) is 39.7 Å². The quantitative estimate of drug-likeness (QED) is 0.829. The van der Waals surface area contributed by atoms with Crippen LogP contribution in [0.4, 0.5) is 0 Å². The first kappa shape index (κ1) is 16.3. The van der Waals surface area contributed by atoms with Gasteiger partial charge in [0.15, 0.2) is 11.5 Å². The van der Waals surface area contributed by atoms with Crippen LogP contribution in [0.15, 0.2) is 18.2 Å². The average molecular weight is 279 g/mol. The number of ether oxygens (including phenoxy) is 2. The number of benzene rings is 1. The molecule has 0 saturated heterocycles. The molecule has 1 aromatic rings. The zero-order chi connectivity index (χ0) is 15.3. The maximum Gasteiger partial charge on any atom is 0.254 e. The van der Waals surface area contributed by atoms with E-state index in [9.17, 15) is 4.79 Å². The van der Waals surface area contributed by atoms with Gasteiger partial charge in [-0.25, -0.2) is 0 Å². The molecule has 0 bridgehead atoms. The fourth-order valence-corrected chi connectivity index (χ4v) is 2.09. The van der Waals surface area contributed by atoms with Crippen molar-refractivity contribution >= 4 is 5.91 Å². The lowest BCUT2D eigenvalue weighted by Gasteiger charge is -2.35. The zero-order valence-corrected chi connectivity index (χ0v) is 13.3. The van der Waals surface area contributed by atoms with Gasteiger partial charge in [-0.15, -0.1) is 0 Å². The fraction of sp³-hybridized carbons (Fsp3) is 0.562. The van der Waals surface area contributed by atoms with Gasteiger partial charge in [-0.3, -0.25) is 4.79 Å². The Labute approximate surface area is 121 Å². The van der Waals surface area contributed by atoms with Crippen LogP contribution in [0, 0.1) is 0 Å². The van der Waals surface area contributed by atoms with Gasteiger partial charge in [-0.1, -0.05) is 6.92 Å². The third kappa shape index (κ3) is 3.65.